The van der Waals surface area contributed by atoms with Crippen LogP contribution in [0.2, 0.25) is 5.02 Å². The predicted molar refractivity (Wildman–Crippen MR) is 94.9 cm³/mol. The van der Waals surface area contributed by atoms with Gasteiger partial charge in [-0.2, -0.15) is 0 Å². The van der Waals surface area contributed by atoms with Crippen molar-refractivity contribution in [2.45, 2.75) is 54.3 Å². The van der Waals surface area contributed by atoms with Gasteiger partial charge in [-0.05, 0) is 37.1 Å². The van der Waals surface area contributed by atoms with Crippen molar-refractivity contribution in [2.75, 3.05) is 11.5 Å². The van der Waals surface area contributed by atoms with Crippen LogP contribution in [0.5, 0.6) is 0 Å². The van der Waals surface area contributed by atoms with Crippen LogP contribution in [-0.4, -0.2) is 45.7 Å². The molecule has 1 N–H and O–H groups in total. The Morgan fingerprint density at radius 3 is 2.25 bits per heavy atom. The molecule has 24 heavy (non-hydrogen) atoms. The molecule has 1 aromatic rings. The van der Waals surface area contributed by atoms with E-state index < -0.39 is 31.0 Å². The summed E-state index contributed by atoms with van der Waals surface area (Å²) in [5.41, 5.74) is 0. The molecule has 134 valence electrons. The van der Waals surface area contributed by atoms with E-state index in [2.05, 4.69) is 5.32 Å². The molecule has 2 fully saturated rings. The second kappa shape index (κ2) is 6.94. The minimum Gasteiger partial charge on any atom is -0.309 e. The summed E-state index contributed by atoms with van der Waals surface area (Å²) >= 11 is 5.82. The largest absolute Gasteiger partial charge is 0.309 e. The molecule has 1 aliphatic carbocycles. The van der Waals surface area contributed by atoms with Crippen molar-refractivity contribution in [3.63, 3.8) is 0 Å². The normalized spacial score (nSPS) is 28.0. The summed E-state index contributed by atoms with van der Waals surface area (Å²) in [6.45, 7) is 0. The summed E-state index contributed by atoms with van der Waals surface area (Å²) in [5, 5.41) is 2.84. The van der Waals surface area contributed by atoms with Gasteiger partial charge in [-0.1, -0.05) is 30.9 Å². The van der Waals surface area contributed by atoms with E-state index in [1.165, 1.54) is 30.7 Å². The molecule has 3 rings (SSSR count). The zero-order chi connectivity index (χ0) is 17.4. The molecule has 0 radical (unpaired) electrons. The minimum atomic E-state index is -3.73. The summed E-state index contributed by atoms with van der Waals surface area (Å²) in [5.74, 6) is -0.427. The monoisotopic (exact) mass is 391 g/mol. The van der Waals surface area contributed by atoms with E-state index in [1.54, 1.807) is 0 Å². The number of sulfone groups is 2. The third-order valence-electron chi connectivity index (χ3n) is 4.90. The molecule has 1 heterocycles. The molecule has 1 aromatic carbocycles. The lowest BCUT2D eigenvalue weighted by molar-refractivity contribution is 0.345. The average molecular weight is 392 g/mol. The van der Waals surface area contributed by atoms with Crippen LogP contribution in [0, 0.1) is 0 Å². The van der Waals surface area contributed by atoms with Crippen LogP contribution in [0.4, 0.5) is 0 Å². The Morgan fingerprint density at radius 2 is 1.62 bits per heavy atom. The van der Waals surface area contributed by atoms with Gasteiger partial charge in [0.1, 0.15) is 0 Å². The highest BCUT2D eigenvalue weighted by atomic mass is 35.5. The topological polar surface area (TPSA) is 80.3 Å². The highest BCUT2D eigenvalue weighted by Crippen LogP contribution is 2.28. The van der Waals surface area contributed by atoms with Crippen LogP contribution in [0.15, 0.2) is 29.2 Å². The van der Waals surface area contributed by atoms with E-state index >= 15 is 0 Å². The molecule has 5 nitrogen and oxygen atoms in total. The predicted octanol–water partition coefficient (Wildman–Crippen LogP) is 2.20. The second-order valence-electron chi connectivity index (χ2n) is 6.72. The molecule has 0 amide bonds. The van der Waals surface area contributed by atoms with Gasteiger partial charge in [-0.15, -0.1) is 0 Å². The van der Waals surface area contributed by atoms with Crippen molar-refractivity contribution in [1.82, 2.24) is 5.32 Å². The lowest BCUT2D eigenvalue weighted by atomic mass is 9.95. The molecule has 8 heteroatoms. The third kappa shape index (κ3) is 3.95. The van der Waals surface area contributed by atoms with Gasteiger partial charge in [0.15, 0.2) is 19.7 Å². The first kappa shape index (κ1) is 18.2. The van der Waals surface area contributed by atoms with Gasteiger partial charge in [0.25, 0.3) is 0 Å². The molecule has 0 spiro atoms. The lowest BCUT2D eigenvalue weighted by Gasteiger charge is -2.28. The van der Waals surface area contributed by atoms with Crippen molar-refractivity contribution in [1.29, 1.82) is 0 Å². The maximum atomic E-state index is 12.9. The first-order valence-corrected chi connectivity index (χ1v) is 12.0. The molecule has 1 saturated heterocycles. The van der Waals surface area contributed by atoms with Crippen LogP contribution in [-0.2, 0) is 19.7 Å². The van der Waals surface area contributed by atoms with Crippen LogP contribution in [0.1, 0.15) is 32.1 Å². The Hall–Kier alpha value is -0.630. The lowest BCUT2D eigenvalue weighted by Crippen LogP contribution is -2.48. The Labute approximate surface area is 148 Å². The van der Waals surface area contributed by atoms with Gasteiger partial charge in [0.2, 0.25) is 0 Å². The molecule has 0 unspecified atom stereocenters. The molecule has 2 atom stereocenters. The fraction of sp³-hybridized carbons (Fsp3) is 0.625. The van der Waals surface area contributed by atoms with Gasteiger partial charge in [-0.25, -0.2) is 16.8 Å². The van der Waals surface area contributed by atoms with Gasteiger partial charge < -0.3 is 5.32 Å². The summed E-state index contributed by atoms with van der Waals surface area (Å²) in [4.78, 5) is 0.129. The van der Waals surface area contributed by atoms with Crippen LogP contribution in [0.25, 0.3) is 0 Å². The maximum Gasteiger partial charge on any atom is 0.183 e. The first-order chi connectivity index (χ1) is 11.3. The second-order valence-corrected chi connectivity index (χ2v) is 11.5. The molecular formula is C16H22ClNO4S2. The highest BCUT2D eigenvalue weighted by Gasteiger charge is 2.46. The van der Waals surface area contributed by atoms with Crippen molar-refractivity contribution in [3.8, 4) is 0 Å². The van der Waals surface area contributed by atoms with E-state index in [0.29, 0.717) is 5.02 Å². The van der Waals surface area contributed by atoms with Crippen LogP contribution in [0.3, 0.4) is 0 Å². The minimum absolute atomic E-state index is 0.110. The standard InChI is InChI=1S/C16H22ClNO4S2/c17-12-6-8-14(9-7-12)24(21,22)16-11-23(19,20)10-15(16)18-13-4-2-1-3-5-13/h6-9,13,15-16,18H,1-5,10-11H2/t15-,16-/m0/s1. The van der Waals surface area contributed by atoms with E-state index in [4.69, 9.17) is 11.6 Å². The number of nitrogens with one attached hydrogen (secondary N) is 1. The SMILES string of the molecule is O=S1(=O)C[C@H](NC2CCCCC2)[C@@H](S(=O)(=O)c2ccc(Cl)cc2)C1. The highest BCUT2D eigenvalue weighted by molar-refractivity contribution is 7.96. The van der Waals surface area contributed by atoms with Crippen molar-refractivity contribution < 1.29 is 16.8 Å². The smallest absolute Gasteiger partial charge is 0.183 e. The summed E-state index contributed by atoms with van der Waals surface area (Å²) in [6.07, 6.45) is 5.35. The van der Waals surface area contributed by atoms with E-state index in [1.807, 2.05) is 0 Å². The van der Waals surface area contributed by atoms with Crippen LogP contribution < -0.4 is 5.32 Å². The van der Waals surface area contributed by atoms with Crippen molar-refractivity contribution >= 4 is 31.3 Å². The third-order valence-corrected chi connectivity index (χ3v) is 9.31. The fourth-order valence-corrected chi connectivity index (χ4v) is 8.45. The molecule has 1 aliphatic heterocycles. The zero-order valence-corrected chi connectivity index (χ0v) is 15.7. The number of hydrogen-bond donors (Lipinski definition) is 1. The molecular weight excluding hydrogens is 370 g/mol. The van der Waals surface area contributed by atoms with Gasteiger partial charge in [0.05, 0.1) is 21.7 Å². The Balaban J connectivity index is 1.86. The summed E-state index contributed by atoms with van der Waals surface area (Å²) in [6, 6.07) is 5.59. The van der Waals surface area contributed by atoms with Gasteiger partial charge >= 0.3 is 0 Å². The van der Waals surface area contributed by atoms with E-state index in [0.717, 1.165) is 25.7 Å². The number of rotatable bonds is 4. The van der Waals surface area contributed by atoms with Gasteiger partial charge in [-0.3, -0.25) is 0 Å². The zero-order valence-electron chi connectivity index (χ0n) is 13.3. The average Bonchev–Trinajstić information content (AvgIpc) is 2.84. The maximum absolute atomic E-state index is 12.9. The summed E-state index contributed by atoms with van der Waals surface area (Å²) in [7, 11) is -7.09. The number of hydrogen-bond acceptors (Lipinski definition) is 5. The number of halogens is 1. The molecule has 0 bridgehead atoms. The van der Waals surface area contributed by atoms with Crippen LogP contribution >= 0.6 is 11.6 Å². The van der Waals surface area contributed by atoms with E-state index in [-0.39, 0.29) is 22.4 Å². The Morgan fingerprint density at radius 1 is 1.00 bits per heavy atom. The number of benzene rings is 1. The van der Waals surface area contributed by atoms with Gasteiger partial charge in [0, 0.05) is 17.1 Å². The molecule has 2 aliphatic rings. The van der Waals surface area contributed by atoms with Crippen molar-refractivity contribution in [3.05, 3.63) is 29.3 Å². The summed E-state index contributed by atoms with van der Waals surface area (Å²) < 4.78 is 50.1. The Kier molecular flexibility index (Phi) is 5.25. The quantitative estimate of drug-likeness (QED) is 0.851. The van der Waals surface area contributed by atoms with E-state index in [9.17, 15) is 16.8 Å². The molecule has 1 saturated carbocycles. The molecule has 0 aromatic heterocycles. The fourth-order valence-electron chi connectivity index (χ4n) is 3.65. The van der Waals surface area contributed by atoms with Crippen molar-refractivity contribution in [2.24, 2.45) is 0 Å². The first-order valence-electron chi connectivity index (χ1n) is 8.24. The Bertz CT molecular complexity index is 784.